The van der Waals surface area contributed by atoms with Gasteiger partial charge in [0.2, 0.25) is 5.91 Å². The molecule has 3 amide bonds. The molecule has 1 fully saturated rings. The van der Waals surface area contributed by atoms with Crippen LogP contribution in [-0.2, 0) is 4.79 Å². The first-order chi connectivity index (χ1) is 14.4. The number of piperidine rings is 1. The minimum absolute atomic E-state index is 0.0426. The van der Waals surface area contributed by atoms with Gasteiger partial charge >= 0.3 is 6.03 Å². The maximum Gasteiger partial charge on any atom is 0.320 e. The van der Waals surface area contributed by atoms with Crippen LogP contribution in [-0.4, -0.2) is 31.6 Å². The number of thiophene rings is 1. The van der Waals surface area contributed by atoms with Crippen molar-refractivity contribution >= 4 is 38.4 Å². The van der Waals surface area contributed by atoms with Gasteiger partial charge in [0.1, 0.15) is 17.4 Å². The van der Waals surface area contributed by atoms with Gasteiger partial charge in [-0.25, -0.2) is 13.6 Å². The van der Waals surface area contributed by atoms with Crippen LogP contribution >= 0.6 is 11.3 Å². The average molecular weight is 431 g/mol. The normalized spacial score (nSPS) is 18.7. The standard InChI is InChI=1S/C21H19F2N3O3S/c1-29-12-7-14(22)20(15(23)8-12)13-9-18(27)24-10-16(13)25-21(28)26-19-6-11-4-2-3-5-17(11)30-19/h2-8,13,16H,9-10H2,1H3,(H,24,27)(H2,25,26,28)/t13-,16-/m1/s1. The lowest BCUT2D eigenvalue weighted by Gasteiger charge is -2.32. The van der Waals surface area contributed by atoms with E-state index in [9.17, 15) is 18.4 Å². The first-order valence-corrected chi connectivity index (χ1v) is 10.1. The molecule has 6 nitrogen and oxygen atoms in total. The number of methoxy groups -OCH3 is 1. The fourth-order valence-electron chi connectivity index (χ4n) is 3.63. The number of fused-ring (bicyclic) bond motifs is 1. The number of hydrogen-bond donors (Lipinski definition) is 3. The number of rotatable bonds is 4. The molecule has 0 spiro atoms. The van der Waals surface area contributed by atoms with Gasteiger partial charge in [0, 0.05) is 41.3 Å². The molecule has 4 rings (SSSR count). The first kappa shape index (κ1) is 20.1. The lowest BCUT2D eigenvalue weighted by molar-refractivity contribution is -0.123. The van der Waals surface area contributed by atoms with Crippen LogP contribution in [0.2, 0.25) is 0 Å². The van der Waals surface area contributed by atoms with E-state index in [0.717, 1.165) is 22.2 Å². The Hall–Kier alpha value is -3.20. The van der Waals surface area contributed by atoms with E-state index in [1.165, 1.54) is 18.4 Å². The van der Waals surface area contributed by atoms with Gasteiger partial charge in [0.05, 0.1) is 18.2 Å². The number of halogens is 2. The monoisotopic (exact) mass is 431 g/mol. The number of anilines is 1. The number of carbonyl (C=O) groups is 2. The Morgan fingerprint density at radius 1 is 1.20 bits per heavy atom. The highest BCUT2D eigenvalue weighted by atomic mass is 32.1. The zero-order chi connectivity index (χ0) is 21.3. The molecular weight excluding hydrogens is 412 g/mol. The third-order valence-electron chi connectivity index (χ3n) is 5.05. The number of amides is 3. The predicted octanol–water partition coefficient (Wildman–Crippen LogP) is 3.98. The fourth-order valence-corrected chi connectivity index (χ4v) is 4.59. The van der Waals surface area contributed by atoms with Crippen LogP contribution in [0.4, 0.5) is 18.6 Å². The summed E-state index contributed by atoms with van der Waals surface area (Å²) in [6, 6.07) is 10.5. The molecule has 9 heteroatoms. The van der Waals surface area contributed by atoms with E-state index in [-0.39, 0.29) is 30.2 Å². The molecule has 156 valence electrons. The van der Waals surface area contributed by atoms with Gasteiger partial charge in [0.15, 0.2) is 0 Å². The second-order valence-corrected chi connectivity index (χ2v) is 8.06. The van der Waals surface area contributed by atoms with Gasteiger partial charge in [-0.05, 0) is 17.5 Å². The van der Waals surface area contributed by atoms with Crippen molar-refractivity contribution in [2.45, 2.75) is 18.4 Å². The molecule has 1 aliphatic heterocycles. The minimum atomic E-state index is -0.849. The number of benzene rings is 2. The van der Waals surface area contributed by atoms with E-state index >= 15 is 0 Å². The zero-order valence-corrected chi connectivity index (χ0v) is 16.8. The summed E-state index contributed by atoms with van der Waals surface area (Å²) in [5.74, 6) is -2.78. The molecule has 0 bridgehead atoms. The number of ether oxygens (including phenoxy) is 1. The number of carbonyl (C=O) groups excluding carboxylic acids is 2. The van der Waals surface area contributed by atoms with Crippen molar-refractivity contribution in [1.29, 1.82) is 0 Å². The lowest BCUT2D eigenvalue weighted by atomic mass is 9.85. The van der Waals surface area contributed by atoms with Crippen LogP contribution in [0.15, 0.2) is 42.5 Å². The summed E-state index contributed by atoms with van der Waals surface area (Å²) in [6.07, 6.45) is -0.145. The van der Waals surface area contributed by atoms with Crippen molar-refractivity contribution in [3.05, 3.63) is 59.7 Å². The Labute approximate surface area is 175 Å². The summed E-state index contributed by atoms with van der Waals surface area (Å²) in [5, 5.41) is 9.78. The van der Waals surface area contributed by atoms with Crippen LogP contribution in [0, 0.1) is 11.6 Å². The minimum Gasteiger partial charge on any atom is -0.497 e. The van der Waals surface area contributed by atoms with E-state index < -0.39 is 29.6 Å². The van der Waals surface area contributed by atoms with Gasteiger partial charge < -0.3 is 15.4 Å². The SMILES string of the molecule is COc1cc(F)c([C@@H]2CC(=O)NC[C@H]2NC(=O)Nc2cc3ccccc3s2)c(F)c1. The summed E-state index contributed by atoms with van der Waals surface area (Å²) in [6.45, 7) is 0.0637. The largest absolute Gasteiger partial charge is 0.497 e. The molecule has 2 atom stereocenters. The molecule has 0 aliphatic carbocycles. The van der Waals surface area contributed by atoms with Crippen LogP contribution in [0.5, 0.6) is 5.75 Å². The van der Waals surface area contributed by atoms with E-state index in [2.05, 4.69) is 16.0 Å². The Kier molecular flexibility index (Phi) is 5.54. The van der Waals surface area contributed by atoms with Crippen molar-refractivity contribution in [1.82, 2.24) is 10.6 Å². The Bertz CT molecular complexity index is 1060. The molecule has 0 saturated carbocycles. The summed E-state index contributed by atoms with van der Waals surface area (Å²) < 4.78 is 35.1. The molecule has 1 aromatic heterocycles. The van der Waals surface area contributed by atoms with Gasteiger partial charge in [-0.3, -0.25) is 10.1 Å². The third kappa shape index (κ3) is 4.06. The van der Waals surface area contributed by atoms with Crippen molar-refractivity contribution in [3.8, 4) is 5.75 Å². The lowest BCUT2D eigenvalue weighted by Crippen LogP contribution is -2.53. The molecular formula is C21H19F2N3O3S. The van der Waals surface area contributed by atoms with E-state index in [0.29, 0.717) is 5.00 Å². The highest BCUT2D eigenvalue weighted by Gasteiger charge is 2.35. The summed E-state index contributed by atoms with van der Waals surface area (Å²) in [4.78, 5) is 24.5. The van der Waals surface area contributed by atoms with Gasteiger partial charge in [-0.15, -0.1) is 11.3 Å². The summed E-state index contributed by atoms with van der Waals surface area (Å²) in [7, 11) is 1.31. The Morgan fingerprint density at radius 3 is 2.63 bits per heavy atom. The fraction of sp³-hybridized carbons (Fsp3) is 0.238. The topological polar surface area (TPSA) is 79.5 Å². The highest BCUT2D eigenvalue weighted by Crippen LogP contribution is 2.33. The molecule has 0 unspecified atom stereocenters. The third-order valence-corrected chi connectivity index (χ3v) is 6.08. The smallest absolute Gasteiger partial charge is 0.320 e. The molecule has 1 aliphatic rings. The van der Waals surface area contributed by atoms with Crippen molar-refractivity contribution in [2.24, 2.45) is 0 Å². The summed E-state index contributed by atoms with van der Waals surface area (Å²) >= 11 is 1.42. The van der Waals surface area contributed by atoms with Crippen LogP contribution in [0.1, 0.15) is 17.9 Å². The number of nitrogens with one attached hydrogen (secondary N) is 3. The average Bonchev–Trinajstić information content (AvgIpc) is 3.11. The van der Waals surface area contributed by atoms with E-state index in [1.807, 2.05) is 30.3 Å². The molecule has 2 aromatic carbocycles. The van der Waals surface area contributed by atoms with Crippen LogP contribution < -0.4 is 20.7 Å². The van der Waals surface area contributed by atoms with Crippen molar-refractivity contribution in [3.63, 3.8) is 0 Å². The Morgan fingerprint density at radius 2 is 1.93 bits per heavy atom. The number of urea groups is 1. The molecule has 1 saturated heterocycles. The molecule has 3 N–H and O–H groups in total. The second-order valence-electron chi connectivity index (χ2n) is 6.97. The van der Waals surface area contributed by atoms with Gasteiger partial charge in [-0.2, -0.15) is 0 Å². The van der Waals surface area contributed by atoms with Crippen molar-refractivity contribution in [2.75, 3.05) is 19.0 Å². The zero-order valence-electron chi connectivity index (χ0n) is 16.0. The van der Waals surface area contributed by atoms with Crippen LogP contribution in [0.3, 0.4) is 0 Å². The first-order valence-electron chi connectivity index (χ1n) is 9.30. The summed E-state index contributed by atoms with van der Waals surface area (Å²) in [5.41, 5.74) is -0.238. The second kappa shape index (κ2) is 8.27. The molecule has 30 heavy (non-hydrogen) atoms. The maximum atomic E-state index is 14.6. The molecule has 3 aromatic rings. The maximum absolute atomic E-state index is 14.6. The Balaban J connectivity index is 1.54. The van der Waals surface area contributed by atoms with E-state index in [1.54, 1.807) is 0 Å². The van der Waals surface area contributed by atoms with E-state index in [4.69, 9.17) is 4.74 Å². The van der Waals surface area contributed by atoms with Crippen LogP contribution in [0.25, 0.3) is 10.1 Å². The van der Waals surface area contributed by atoms with Gasteiger partial charge in [0.25, 0.3) is 0 Å². The quantitative estimate of drug-likeness (QED) is 0.585. The van der Waals surface area contributed by atoms with Gasteiger partial charge in [-0.1, -0.05) is 18.2 Å². The predicted molar refractivity (Wildman–Crippen MR) is 111 cm³/mol. The molecule has 0 radical (unpaired) electrons. The van der Waals surface area contributed by atoms with Crippen molar-refractivity contribution < 1.29 is 23.1 Å². The molecule has 2 heterocycles. The highest BCUT2D eigenvalue weighted by molar-refractivity contribution is 7.22. The number of hydrogen-bond acceptors (Lipinski definition) is 4.